The number of nitrogens with zero attached hydrogens (tertiary/aromatic N) is 2. The molecule has 0 amide bonds. The van der Waals surface area contributed by atoms with Gasteiger partial charge >= 0.3 is 5.97 Å². The Morgan fingerprint density at radius 3 is 2.38 bits per heavy atom. The highest BCUT2D eigenvalue weighted by atomic mass is 16.5. The number of hydrogen-bond acceptors (Lipinski definition) is 6. The quantitative estimate of drug-likeness (QED) is 0.182. The van der Waals surface area contributed by atoms with Crippen LogP contribution in [0.25, 0.3) is 11.5 Å². The summed E-state index contributed by atoms with van der Waals surface area (Å²) in [6.07, 6.45) is 3.79. The Morgan fingerprint density at radius 1 is 1.03 bits per heavy atom. The molecule has 0 bridgehead atoms. The Morgan fingerprint density at radius 2 is 1.72 bits per heavy atom. The average Bonchev–Trinajstić information content (AvgIpc) is 3.32. The van der Waals surface area contributed by atoms with Gasteiger partial charge in [0.2, 0.25) is 5.89 Å². The van der Waals surface area contributed by atoms with Crippen LogP contribution >= 0.6 is 0 Å². The van der Waals surface area contributed by atoms with E-state index < -0.39 is 12.0 Å². The van der Waals surface area contributed by atoms with Crippen molar-refractivity contribution >= 4 is 11.8 Å². The van der Waals surface area contributed by atoms with E-state index in [-0.39, 0.29) is 12.2 Å². The van der Waals surface area contributed by atoms with Crippen LogP contribution in [0, 0.1) is 13.8 Å². The number of hydrogen-bond donors (Lipinski definition) is 1. The number of carboxylic acids is 1. The van der Waals surface area contributed by atoms with Crippen LogP contribution in [-0.4, -0.2) is 46.4 Å². The third kappa shape index (κ3) is 7.23. The Labute approximate surface area is 228 Å². The molecular formula is C32H32N2O5. The van der Waals surface area contributed by atoms with E-state index >= 15 is 0 Å². The molecular weight excluding hydrogens is 492 g/mol. The number of allylic oxidation sites excluding steroid dienone is 1. The molecule has 0 radical (unpaired) electrons. The fourth-order valence-corrected chi connectivity index (χ4v) is 4.24. The molecule has 0 aliphatic heterocycles. The van der Waals surface area contributed by atoms with E-state index in [9.17, 15) is 14.7 Å². The first-order valence-corrected chi connectivity index (χ1v) is 12.8. The van der Waals surface area contributed by atoms with Crippen LogP contribution in [0.2, 0.25) is 0 Å². The van der Waals surface area contributed by atoms with Crippen molar-refractivity contribution in [3.8, 4) is 17.2 Å². The van der Waals surface area contributed by atoms with Crippen LogP contribution in [0.4, 0.5) is 0 Å². The Hall–Kier alpha value is -4.65. The van der Waals surface area contributed by atoms with Gasteiger partial charge < -0.3 is 19.2 Å². The molecule has 0 saturated heterocycles. The SMILES string of the molecule is Cc1cc(CC(C(=O)O)N(C)/C=C\C(=O)c2ccccc2)ccc1OCCc1nc(-c2ccccc2)oc1C. The summed E-state index contributed by atoms with van der Waals surface area (Å²) in [4.78, 5) is 30.5. The molecule has 4 aromatic rings. The predicted molar refractivity (Wildman–Crippen MR) is 150 cm³/mol. The van der Waals surface area contributed by atoms with E-state index in [2.05, 4.69) is 4.98 Å². The molecule has 1 N–H and O–H groups in total. The summed E-state index contributed by atoms with van der Waals surface area (Å²) in [5, 5.41) is 9.83. The molecule has 0 fully saturated rings. The highest BCUT2D eigenvalue weighted by molar-refractivity contribution is 6.04. The number of oxazole rings is 1. The van der Waals surface area contributed by atoms with Crippen LogP contribution < -0.4 is 4.74 Å². The molecule has 7 nitrogen and oxygen atoms in total. The molecule has 39 heavy (non-hydrogen) atoms. The molecule has 1 aromatic heterocycles. The number of carbonyl (C=O) groups excluding carboxylic acids is 1. The number of aryl methyl sites for hydroxylation is 2. The largest absolute Gasteiger partial charge is 0.493 e. The van der Waals surface area contributed by atoms with E-state index in [1.165, 1.54) is 12.3 Å². The molecule has 7 heteroatoms. The highest BCUT2D eigenvalue weighted by Gasteiger charge is 2.22. The van der Waals surface area contributed by atoms with Crippen molar-refractivity contribution in [3.63, 3.8) is 0 Å². The van der Waals surface area contributed by atoms with E-state index in [1.807, 2.05) is 68.4 Å². The average molecular weight is 525 g/mol. The maximum atomic E-state index is 12.4. The van der Waals surface area contributed by atoms with Crippen LogP contribution in [0.15, 0.2) is 95.6 Å². The van der Waals surface area contributed by atoms with Gasteiger partial charge in [-0.25, -0.2) is 9.78 Å². The highest BCUT2D eigenvalue weighted by Crippen LogP contribution is 2.24. The molecule has 0 aliphatic rings. The maximum Gasteiger partial charge on any atom is 0.326 e. The third-order valence-corrected chi connectivity index (χ3v) is 6.47. The second kappa shape index (κ2) is 12.7. The van der Waals surface area contributed by atoms with Crippen LogP contribution in [0.1, 0.15) is 32.9 Å². The number of ketones is 1. The van der Waals surface area contributed by atoms with Crippen molar-refractivity contribution < 1.29 is 23.8 Å². The number of aliphatic carboxylic acids is 1. The zero-order valence-corrected chi connectivity index (χ0v) is 22.3. The van der Waals surface area contributed by atoms with Crippen LogP contribution in [0.3, 0.4) is 0 Å². The van der Waals surface area contributed by atoms with Gasteiger partial charge in [-0.1, -0.05) is 60.7 Å². The van der Waals surface area contributed by atoms with Crippen molar-refractivity contribution in [2.75, 3.05) is 13.7 Å². The minimum Gasteiger partial charge on any atom is -0.493 e. The number of benzene rings is 3. The van der Waals surface area contributed by atoms with Gasteiger partial charge in [-0.15, -0.1) is 0 Å². The second-order valence-corrected chi connectivity index (χ2v) is 9.36. The summed E-state index contributed by atoms with van der Waals surface area (Å²) < 4.78 is 11.8. The second-order valence-electron chi connectivity index (χ2n) is 9.36. The normalized spacial score (nSPS) is 11.9. The minimum atomic E-state index is -0.967. The van der Waals surface area contributed by atoms with Gasteiger partial charge in [0.05, 0.1) is 12.3 Å². The fourth-order valence-electron chi connectivity index (χ4n) is 4.24. The number of carboxylic acid groups (broad SMARTS) is 1. The van der Waals surface area contributed by atoms with Crippen molar-refractivity contribution in [1.29, 1.82) is 0 Å². The topological polar surface area (TPSA) is 92.9 Å². The Bertz CT molecular complexity index is 1440. The number of rotatable bonds is 12. The summed E-state index contributed by atoms with van der Waals surface area (Å²) in [6, 6.07) is 23.5. The summed E-state index contributed by atoms with van der Waals surface area (Å²) in [5.41, 5.74) is 4.12. The summed E-state index contributed by atoms with van der Waals surface area (Å²) >= 11 is 0. The van der Waals surface area contributed by atoms with E-state index in [1.54, 1.807) is 36.2 Å². The van der Waals surface area contributed by atoms with Crippen LogP contribution in [-0.2, 0) is 17.6 Å². The molecule has 1 atom stereocenters. The molecule has 1 unspecified atom stereocenters. The minimum absolute atomic E-state index is 0.180. The van der Waals surface area contributed by atoms with Crippen LogP contribution in [0.5, 0.6) is 5.75 Å². The Balaban J connectivity index is 1.35. The molecule has 200 valence electrons. The van der Waals surface area contributed by atoms with Gasteiger partial charge in [0.25, 0.3) is 0 Å². The summed E-state index contributed by atoms with van der Waals surface area (Å²) in [6.45, 7) is 4.27. The number of likely N-dealkylation sites (N-methyl/N-ethyl adjacent to an activating group) is 1. The number of carbonyl (C=O) groups is 2. The van der Waals surface area contributed by atoms with Gasteiger partial charge in [-0.2, -0.15) is 0 Å². The molecule has 3 aromatic carbocycles. The molecule has 1 heterocycles. The lowest BCUT2D eigenvalue weighted by atomic mass is 10.0. The van der Waals surface area contributed by atoms with E-state index in [0.717, 1.165) is 33.9 Å². The molecule has 0 aliphatic carbocycles. The first-order chi connectivity index (χ1) is 18.8. The molecule has 0 spiro atoms. The zero-order valence-electron chi connectivity index (χ0n) is 22.3. The maximum absolute atomic E-state index is 12.4. The molecule has 4 rings (SSSR count). The van der Waals surface area contributed by atoms with Gasteiger partial charge in [-0.3, -0.25) is 4.79 Å². The summed E-state index contributed by atoms with van der Waals surface area (Å²) in [7, 11) is 1.66. The van der Waals surface area contributed by atoms with Gasteiger partial charge in [-0.05, 0) is 43.2 Å². The Kier molecular flexibility index (Phi) is 8.94. The first-order valence-electron chi connectivity index (χ1n) is 12.8. The van der Waals surface area contributed by atoms with E-state index in [4.69, 9.17) is 9.15 Å². The van der Waals surface area contributed by atoms with Gasteiger partial charge in [0, 0.05) is 43.3 Å². The van der Waals surface area contributed by atoms with Crippen molar-refractivity contribution in [2.24, 2.45) is 0 Å². The third-order valence-electron chi connectivity index (χ3n) is 6.47. The predicted octanol–water partition coefficient (Wildman–Crippen LogP) is 5.90. The fraction of sp³-hybridized carbons (Fsp3) is 0.219. The molecule has 0 saturated carbocycles. The monoisotopic (exact) mass is 524 g/mol. The zero-order chi connectivity index (χ0) is 27.8. The summed E-state index contributed by atoms with van der Waals surface area (Å²) in [5.74, 6) is 0.955. The van der Waals surface area contributed by atoms with E-state index in [0.29, 0.717) is 24.5 Å². The number of ether oxygens (including phenoxy) is 1. The lowest BCUT2D eigenvalue weighted by Gasteiger charge is -2.23. The lowest BCUT2D eigenvalue weighted by molar-refractivity contribution is -0.141. The number of aromatic nitrogens is 1. The smallest absolute Gasteiger partial charge is 0.326 e. The van der Waals surface area contributed by atoms with Crippen molar-refractivity contribution in [3.05, 3.63) is 119 Å². The van der Waals surface area contributed by atoms with Crippen molar-refractivity contribution in [1.82, 2.24) is 9.88 Å². The van der Waals surface area contributed by atoms with Gasteiger partial charge in [0.15, 0.2) is 5.78 Å². The standard InChI is InChI=1S/C32H32N2O5/c1-22-20-24(21-28(32(36)37)34(3)18-16-29(35)25-10-6-4-7-11-25)14-15-30(22)38-19-17-27-23(2)39-31(33-27)26-12-8-5-9-13-26/h4-16,18,20,28H,17,19,21H2,1-3H3,(H,36,37)/b18-16-. The lowest BCUT2D eigenvalue weighted by Crippen LogP contribution is -2.37. The van der Waals surface area contributed by atoms with Crippen molar-refractivity contribution in [2.45, 2.75) is 32.7 Å². The van der Waals surface area contributed by atoms with Gasteiger partial charge in [0.1, 0.15) is 17.6 Å². The first kappa shape index (κ1) is 27.4.